The standard InChI is InChI=1S/C62H106O6/c1-4-7-10-13-16-19-22-25-28-30-31-32-35-37-40-43-46-49-52-55-61(64)67-58-59(57-66-60(63)54-51-48-45-42-39-36-33-27-24-21-18-15-12-9-6-3)68-62(65)56-53-50-47-44-41-38-34-29-26-23-20-17-14-11-8-5-2/h9,12,18,20-21,23,25,27-29,33-34,39,42,59H,4-8,10-11,13-17,19,22,24,26,30-32,35-38,40-41,43-58H2,1-3H3/b12-9-,21-18-,23-20-,28-25-,33-27-,34-29-,42-39-. The maximum Gasteiger partial charge on any atom is 0.306 e. The first kappa shape index (κ1) is 64.6. The minimum Gasteiger partial charge on any atom is -0.462 e. The molecule has 0 aromatic rings. The zero-order valence-electron chi connectivity index (χ0n) is 44.6. The van der Waals surface area contributed by atoms with E-state index in [4.69, 9.17) is 14.2 Å². The van der Waals surface area contributed by atoms with E-state index in [0.717, 1.165) is 109 Å². The molecule has 0 radical (unpaired) electrons. The van der Waals surface area contributed by atoms with Crippen LogP contribution in [0.2, 0.25) is 0 Å². The van der Waals surface area contributed by atoms with Gasteiger partial charge in [0.1, 0.15) is 13.2 Å². The third-order valence-electron chi connectivity index (χ3n) is 12.1. The van der Waals surface area contributed by atoms with Crippen molar-refractivity contribution in [3.63, 3.8) is 0 Å². The van der Waals surface area contributed by atoms with Gasteiger partial charge in [0.2, 0.25) is 0 Å². The van der Waals surface area contributed by atoms with E-state index in [2.05, 4.69) is 106 Å². The summed E-state index contributed by atoms with van der Waals surface area (Å²) in [7, 11) is 0. The van der Waals surface area contributed by atoms with Crippen molar-refractivity contribution in [1.29, 1.82) is 0 Å². The molecule has 0 aromatic carbocycles. The first-order chi connectivity index (χ1) is 33.5. The summed E-state index contributed by atoms with van der Waals surface area (Å²) >= 11 is 0. The van der Waals surface area contributed by atoms with E-state index in [1.54, 1.807) is 0 Å². The number of rotatable bonds is 51. The normalized spacial score (nSPS) is 12.7. The molecular weight excluding hydrogens is 841 g/mol. The molecule has 0 aliphatic carbocycles. The molecule has 0 fully saturated rings. The van der Waals surface area contributed by atoms with E-state index < -0.39 is 6.10 Å². The van der Waals surface area contributed by atoms with Gasteiger partial charge in [0, 0.05) is 19.3 Å². The highest BCUT2D eigenvalue weighted by molar-refractivity contribution is 5.71. The molecule has 0 aliphatic heterocycles. The minimum atomic E-state index is -0.802. The second kappa shape index (κ2) is 56.2. The van der Waals surface area contributed by atoms with Crippen molar-refractivity contribution >= 4 is 17.9 Å². The Labute approximate surface area is 420 Å². The molecule has 1 atom stereocenters. The first-order valence-electron chi connectivity index (χ1n) is 28.6. The van der Waals surface area contributed by atoms with Crippen LogP contribution in [0.15, 0.2) is 85.1 Å². The van der Waals surface area contributed by atoms with Crippen molar-refractivity contribution in [2.45, 2.75) is 277 Å². The molecule has 0 rings (SSSR count). The van der Waals surface area contributed by atoms with Crippen LogP contribution in [-0.2, 0) is 28.6 Å². The van der Waals surface area contributed by atoms with Crippen molar-refractivity contribution in [2.24, 2.45) is 0 Å². The van der Waals surface area contributed by atoms with Crippen LogP contribution in [0.25, 0.3) is 0 Å². The van der Waals surface area contributed by atoms with Gasteiger partial charge in [-0.2, -0.15) is 0 Å². The second-order valence-electron chi connectivity index (χ2n) is 18.8. The van der Waals surface area contributed by atoms with Crippen LogP contribution in [0.1, 0.15) is 271 Å². The lowest BCUT2D eigenvalue weighted by Gasteiger charge is -2.18. The SMILES string of the molecule is CC/C=C\C/C=C\C/C=C\C/C=C\CCCCC(=O)OCC(COC(=O)CCCCCCCCCCC/C=C\CCCCCCCC)OC(=O)CCCCCCC/C=C\C/C=C\CCCCCC. The Bertz CT molecular complexity index is 1320. The number of ether oxygens (including phenoxy) is 3. The lowest BCUT2D eigenvalue weighted by Crippen LogP contribution is -2.30. The Morgan fingerprint density at radius 2 is 0.574 bits per heavy atom. The lowest BCUT2D eigenvalue weighted by molar-refractivity contribution is -0.167. The Morgan fingerprint density at radius 3 is 0.956 bits per heavy atom. The van der Waals surface area contributed by atoms with E-state index in [9.17, 15) is 14.4 Å². The van der Waals surface area contributed by atoms with Crippen LogP contribution >= 0.6 is 0 Å². The van der Waals surface area contributed by atoms with Crippen LogP contribution in [0.3, 0.4) is 0 Å². The Kier molecular flexibility index (Phi) is 53.4. The monoisotopic (exact) mass is 947 g/mol. The molecule has 6 heteroatoms. The maximum atomic E-state index is 12.8. The number of carbonyl (C=O) groups is 3. The zero-order chi connectivity index (χ0) is 49.3. The summed E-state index contributed by atoms with van der Waals surface area (Å²) in [5, 5.41) is 0. The second-order valence-corrected chi connectivity index (χ2v) is 18.8. The molecule has 6 nitrogen and oxygen atoms in total. The van der Waals surface area contributed by atoms with Crippen LogP contribution in [0.4, 0.5) is 0 Å². The smallest absolute Gasteiger partial charge is 0.306 e. The van der Waals surface area contributed by atoms with Crippen molar-refractivity contribution in [3.8, 4) is 0 Å². The Balaban J connectivity index is 4.44. The number of esters is 3. The van der Waals surface area contributed by atoms with Gasteiger partial charge in [-0.1, -0.05) is 221 Å². The number of allylic oxidation sites excluding steroid dienone is 14. The quantitative estimate of drug-likeness (QED) is 0.0262. The molecule has 0 saturated carbocycles. The van der Waals surface area contributed by atoms with E-state index in [0.29, 0.717) is 19.3 Å². The number of carbonyl (C=O) groups excluding carboxylic acids is 3. The van der Waals surface area contributed by atoms with Crippen LogP contribution in [-0.4, -0.2) is 37.2 Å². The van der Waals surface area contributed by atoms with Crippen molar-refractivity contribution in [1.82, 2.24) is 0 Å². The fraction of sp³-hybridized carbons (Fsp3) is 0.726. The van der Waals surface area contributed by atoms with E-state index in [-0.39, 0.29) is 31.1 Å². The van der Waals surface area contributed by atoms with Crippen molar-refractivity contribution in [2.75, 3.05) is 13.2 Å². The van der Waals surface area contributed by atoms with Crippen LogP contribution < -0.4 is 0 Å². The molecule has 0 heterocycles. The molecule has 0 spiro atoms. The molecule has 0 amide bonds. The molecule has 0 bridgehead atoms. The zero-order valence-corrected chi connectivity index (χ0v) is 44.6. The average Bonchev–Trinajstić information content (AvgIpc) is 3.34. The summed E-state index contributed by atoms with van der Waals surface area (Å²) < 4.78 is 16.8. The number of hydrogen-bond acceptors (Lipinski definition) is 6. The van der Waals surface area contributed by atoms with Crippen molar-refractivity contribution in [3.05, 3.63) is 85.1 Å². The largest absolute Gasteiger partial charge is 0.462 e. The molecule has 390 valence electrons. The van der Waals surface area contributed by atoms with Crippen LogP contribution in [0.5, 0.6) is 0 Å². The molecule has 0 saturated heterocycles. The van der Waals surface area contributed by atoms with E-state index in [1.807, 2.05) is 0 Å². The molecule has 0 aliphatic rings. The third kappa shape index (κ3) is 53.5. The van der Waals surface area contributed by atoms with Gasteiger partial charge < -0.3 is 14.2 Å². The summed E-state index contributed by atoms with van der Waals surface area (Å²) in [5.74, 6) is -0.951. The Morgan fingerprint density at radius 1 is 0.309 bits per heavy atom. The molecule has 1 unspecified atom stereocenters. The molecule has 68 heavy (non-hydrogen) atoms. The van der Waals surface area contributed by atoms with Gasteiger partial charge in [0.05, 0.1) is 0 Å². The molecule has 0 aromatic heterocycles. The highest BCUT2D eigenvalue weighted by Crippen LogP contribution is 2.15. The van der Waals surface area contributed by atoms with Gasteiger partial charge >= 0.3 is 17.9 Å². The lowest BCUT2D eigenvalue weighted by atomic mass is 10.1. The fourth-order valence-electron chi connectivity index (χ4n) is 7.81. The third-order valence-corrected chi connectivity index (χ3v) is 12.1. The molecule has 0 N–H and O–H groups in total. The summed E-state index contributed by atoms with van der Waals surface area (Å²) in [4.78, 5) is 38.1. The highest BCUT2D eigenvalue weighted by Gasteiger charge is 2.19. The van der Waals surface area contributed by atoms with Gasteiger partial charge in [-0.15, -0.1) is 0 Å². The number of hydrogen-bond donors (Lipinski definition) is 0. The summed E-state index contributed by atoms with van der Waals surface area (Å²) in [6.07, 6.45) is 72.9. The maximum absolute atomic E-state index is 12.8. The topological polar surface area (TPSA) is 78.9 Å². The van der Waals surface area contributed by atoms with Crippen molar-refractivity contribution < 1.29 is 28.6 Å². The Hall–Kier alpha value is -3.41. The van der Waals surface area contributed by atoms with Gasteiger partial charge in [-0.3, -0.25) is 14.4 Å². The first-order valence-corrected chi connectivity index (χ1v) is 28.6. The fourth-order valence-corrected chi connectivity index (χ4v) is 7.81. The summed E-state index contributed by atoms with van der Waals surface area (Å²) in [6, 6.07) is 0. The van der Waals surface area contributed by atoms with E-state index in [1.165, 1.54) is 122 Å². The van der Waals surface area contributed by atoms with E-state index >= 15 is 0 Å². The van der Waals surface area contributed by atoms with Gasteiger partial charge in [0.25, 0.3) is 0 Å². The van der Waals surface area contributed by atoms with Crippen LogP contribution in [0, 0.1) is 0 Å². The predicted octanol–water partition coefficient (Wildman–Crippen LogP) is 19.2. The number of unbranched alkanes of at least 4 members (excludes halogenated alkanes) is 26. The van der Waals surface area contributed by atoms with Gasteiger partial charge in [-0.05, 0) is 116 Å². The summed E-state index contributed by atoms with van der Waals surface area (Å²) in [6.45, 7) is 6.47. The predicted molar refractivity (Wildman–Crippen MR) is 293 cm³/mol. The van der Waals surface area contributed by atoms with Gasteiger partial charge in [0.15, 0.2) is 6.10 Å². The minimum absolute atomic E-state index is 0.0964. The highest BCUT2D eigenvalue weighted by atomic mass is 16.6. The van der Waals surface area contributed by atoms with Gasteiger partial charge in [-0.25, -0.2) is 0 Å². The summed E-state index contributed by atoms with van der Waals surface area (Å²) in [5.41, 5.74) is 0. The molecular formula is C62H106O6. The average molecular weight is 948 g/mol.